The van der Waals surface area contributed by atoms with Gasteiger partial charge in [0, 0.05) is 25.2 Å². The Morgan fingerprint density at radius 1 is 1.43 bits per heavy atom. The summed E-state index contributed by atoms with van der Waals surface area (Å²) in [6, 6.07) is 5.17. The number of hydrogen-bond acceptors (Lipinski definition) is 4. The van der Waals surface area contributed by atoms with Gasteiger partial charge in [0.2, 0.25) is 11.8 Å². The molecule has 0 aliphatic carbocycles. The van der Waals surface area contributed by atoms with Gasteiger partial charge in [-0.1, -0.05) is 6.92 Å². The van der Waals surface area contributed by atoms with Gasteiger partial charge in [0.05, 0.1) is 18.7 Å². The molecule has 126 valence electrons. The molecule has 2 rings (SSSR count). The molecule has 1 aliphatic heterocycles. The number of nitrogen functional groups attached to an aromatic ring is 1. The molecule has 1 saturated heterocycles. The van der Waals surface area contributed by atoms with Crippen molar-refractivity contribution in [3.8, 4) is 5.75 Å². The predicted molar refractivity (Wildman–Crippen MR) is 90.2 cm³/mol. The van der Waals surface area contributed by atoms with Crippen LogP contribution >= 0.6 is 0 Å². The summed E-state index contributed by atoms with van der Waals surface area (Å²) in [7, 11) is 1.55. The molecule has 3 N–H and O–H groups in total. The van der Waals surface area contributed by atoms with Gasteiger partial charge in [-0.3, -0.25) is 9.59 Å². The second-order valence-electron chi connectivity index (χ2n) is 5.87. The van der Waals surface area contributed by atoms with E-state index in [1.807, 2.05) is 6.92 Å². The second-order valence-corrected chi connectivity index (χ2v) is 5.87. The fourth-order valence-corrected chi connectivity index (χ4v) is 2.85. The smallest absolute Gasteiger partial charge is 0.229 e. The number of benzene rings is 1. The number of hydrogen-bond donors (Lipinski definition) is 2. The number of carbonyl (C=O) groups excluding carboxylic acids is 2. The van der Waals surface area contributed by atoms with Crippen LogP contribution in [0.1, 0.15) is 32.6 Å². The number of rotatable bonds is 5. The van der Waals surface area contributed by atoms with Crippen molar-refractivity contribution in [1.82, 2.24) is 4.90 Å². The number of amides is 2. The Bertz CT molecular complexity index is 574. The molecule has 1 aliphatic rings. The van der Waals surface area contributed by atoms with Gasteiger partial charge in [-0.05, 0) is 37.5 Å². The lowest BCUT2D eigenvalue weighted by Gasteiger charge is -2.32. The fraction of sp³-hybridized carbons (Fsp3) is 0.529. The summed E-state index contributed by atoms with van der Waals surface area (Å²) < 4.78 is 5.10. The first kappa shape index (κ1) is 17.1. The number of piperidine rings is 1. The van der Waals surface area contributed by atoms with E-state index >= 15 is 0 Å². The molecule has 6 heteroatoms. The summed E-state index contributed by atoms with van der Waals surface area (Å²) in [5.74, 6) is 0.479. The van der Waals surface area contributed by atoms with E-state index in [-0.39, 0.29) is 17.7 Å². The van der Waals surface area contributed by atoms with E-state index in [0.717, 1.165) is 25.8 Å². The molecule has 1 unspecified atom stereocenters. The third-order valence-electron chi connectivity index (χ3n) is 4.11. The molecule has 1 fully saturated rings. The zero-order valence-electron chi connectivity index (χ0n) is 13.8. The molecule has 1 atom stereocenters. The van der Waals surface area contributed by atoms with Gasteiger partial charge in [0.1, 0.15) is 5.75 Å². The third-order valence-corrected chi connectivity index (χ3v) is 4.11. The summed E-state index contributed by atoms with van der Waals surface area (Å²) in [5.41, 5.74) is 6.98. The number of likely N-dealkylation sites (tertiary alicyclic amines) is 1. The van der Waals surface area contributed by atoms with E-state index in [1.165, 1.54) is 0 Å². The SMILES string of the molecule is CCCC(=O)N1CCCC(C(=O)Nc2ccc(OC)c(N)c2)C1. The minimum atomic E-state index is -0.173. The van der Waals surface area contributed by atoms with Crippen molar-refractivity contribution in [2.75, 3.05) is 31.2 Å². The van der Waals surface area contributed by atoms with Crippen LogP contribution in [0.2, 0.25) is 0 Å². The molecule has 6 nitrogen and oxygen atoms in total. The van der Waals surface area contributed by atoms with Crippen molar-refractivity contribution >= 4 is 23.2 Å². The highest BCUT2D eigenvalue weighted by Gasteiger charge is 2.28. The highest BCUT2D eigenvalue weighted by atomic mass is 16.5. The summed E-state index contributed by atoms with van der Waals surface area (Å²) >= 11 is 0. The molecule has 0 spiro atoms. The molecule has 1 aromatic rings. The Morgan fingerprint density at radius 3 is 2.87 bits per heavy atom. The van der Waals surface area contributed by atoms with Crippen molar-refractivity contribution in [1.29, 1.82) is 0 Å². The topological polar surface area (TPSA) is 84.7 Å². The second kappa shape index (κ2) is 7.85. The number of methoxy groups -OCH3 is 1. The van der Waals surface area contributed by atoms with Gasteiger partial charge in [0.15, 0.2) is 0 Å². The minimum Gasteiger partial charge on any atom is -0.495 e. The number of anilines is 2. The molecule has 1 heterocycles. The van der Waals surface area contributed by atoms with Gasteiger partial charge in [0.25, 0.3) is 0 Å². The van der Waals surface area contributed by atoms with E-state index in [4.69, 9.17) is 10.5 Å². The number of carbonyl (C=O) groups is 2. The first-order chi connectivity index (χ1) is 11.0. The van der Waals surface area contributed by atoms with Crippen LogP contribution in [0.3, 0.4) is 0 Å². The van der Waals surface area contributed by atoms with Gasteiger partial charge in [-0.25, -0.2) is 0 Å². The van der Waals surface area contributed by atoms with Crippen LogP contribution in [0.25, 0.3) is 0 Å². The molecule has 0 bridgehead atoms. The minimum absolute atomic E-state index is 0.0661. The zero-order valence-corrected chi connectivity index (χ0v) is 13.8. The molecular weight excluding hydrogens is 294 g/mol. The highest BCUT2D eigenvalue weighted by molar-refractivity contribution is 5.93. The van der Waals surface area contributed by atoms with Crippen LogP contribution in [-0.2, 0) is 9.59 Å². The van der Waals surface area contributed by atoms with Gasteiger partial charge in [-0.15, -0.1) is 0 Å². The lowest BCUT2D eigenvalue weighted by Crippen LogP contribution is -2.43. The average molecular weight is 319 g/mol. The largest absolute Gasteiger partial charge is 0.495 e. The Morgan fingerprint density at radius 2 is 2.22 bits per heavy atom. The van der Waals surface area contributed by atoms with Crippen LogP contribution in [0.5, 0.6) is 5.75 Å². The molecule has 2 amide bonds. The Hall–Kier alpha value is -2.24. The maximum Gasteiger partial charge on any atom is 0.229 e. The molecular formula is C17H25N3O3. The predicted octanol–water partition coefficient (Wildman–Crippen LogP) is 2.25. The van der Waals surface area contributed by atoms with Crippen molar-refractivity contribution in [3.63, 3.8) is 0 Å². The zero-order chi connectivity index (χ0) is 16.8. The Kier molecular flexibility index (Phi) is 5.84. The fourth-order valence-electron chi connectivity index (χ4n) is 2.85. The monoisotopic (exact) mass is 319 g/mol. The molecule has 0 saturated carbocycles. The molecule has 0 aromatic heterocycles. The summed E-state index contributed by atoms with van der Waals surface area (Å²) in [4.78, 5) is 26.2. The number of nitrogens with zero attached hydrogens (tertiary/aromatic N) is 1. The van der Waals surface area contributed by atoms with Crippen LogP contribution in [-0.4, -0.2) is 36.9 Å². The average Bonchev–Trinajstić information content (AvgIpc) is 2.55. The Balaban J connectivity index is 1.97. The van der Waals surface area contributed by atoms with Crippen molar-refractivity contribution in [3.05, 3.63) is 18.2 Å². The summed E-state index contributed by atoms with van der Waals surface area (Å²) in [6.07, 6.45) is 3.03. The number of nitrogens with one attached hydrogen (secondary N) is 1. The van der Waals surface area contributed by atoms with E-state index in [0.29, 0.717) is 30.1 Å². The lowest BCUT2D eigenvalue weighted by atomic mass is 9.96. The third kappa shape index (κ3) is 4.37. The van der Waals surface area contributed by atoms with Crippen LogP contribution in [0.15, 0.2) is 18.2 Å². The molecule has 23 heavy (non-hydrogen) atoms. The van der Waals surface area contributed by atoms with E-state index in [1.54, 1.807) is 30.2 Å². The Labute approximate surface area is 137 Å². The van der Waals surface area contributed by atoms with Gasteiger partial charge in [-0.2, -0.15) is 0 Å². The van der Waals surface area contributed by atoms with E-state index in [2.05, 4.69) is 5.32 Å². The highest BCUT2D eigenvalue weighted by Crippen LogP contribution is 2.26. The van der Waals surface area contributed by atoms with Crippen molar-refractivity contribution in [2.45, 2.75) is 32.6 Å². The van der Waals surface area contributed by atoms with Crippen LogP contribution in [0, 0.1) is 5.92 Å². The lowest BCUT2D eigenvalue weighted by molar-refractivity contribution is -0.134. The standard InChI is InChI=1S/C17H25N3O3/c1-3-5-16(21)20-9-4-6-12(11-20)17(22)19-13-7-8-15(23-2)14(18)10-13/h7-8,10,12H,3-6,9,11,18H2,1-2H3,(H,19,22). The maximum atomic E-state index is 12.4. The number of ether oxygens (including phenoxy) is 1. The molecule has 0 radical (unpaired) electrons. The van der Waals surface area contributed by atoms with E-state index in [9.17, 15) is 9.59 Å². The van der Waals surface area contributed by atoms with Crippen molar-refractivity contribution in [2.24, 2.45) is 5.92 Å². The normalized spacial score (nSPS) is 17.7. The summed E-state index contributed by atoms with van der Waals surface area (Å²) in [6.45, 7) is 3.23. The first-order valence-corrected chi connectivity index (χ1v) is 8.07. The summed E-state index contributed by atoms with van der Waals surface area (Å²) in [5, 5.41) is 2.88. The van der Waals surface area contributed by atoms with E-state index < -0.39 is 0 Å². The van der Waals surface area contributed by atoms with Crippen LogP contribution < -0.4 is 15.8 Å². The quantitative estimate of drug-likeness (QED) is 0.815. The first-order valence-electron chi connectivity index (χ1n) is 8.07. The molecule has 1 aromatic carbocycles. The maximum absolute atomic E-state index is 12.4. The van der Waals surface area contributed by atoms with Gasteiger partial charge < -0.3 is 20.7 Å². The van der Waals surface area contributed by atoms with Crippen LogP contribution in [0.4, 0.5) is 11.4 Å². The van der Waals surface area contributed by atoms with Crippen molar-refractivity contribution < 1.29 is 14.3 Å². The number of nitrogens with two attached hydrogens (primary N) is 1. The van der Waals surface area contributed by atoms with Gasteiger partial charge >= 0.3 is 0 Å².